The minimum absolute atomic E-state index is 1.07. The van der Waals surface area contributed by atoms with Gasteiger partial charge in [-0.1, -0.05) is 35.9 Å². The smallest absolute Gasteiger partial charge is 0.0967 e. The highest BCUT2D eigenvalue weighted by molar-refractivity contribution is 5.77. The lowest BCUT2D eigenvalue weighted by atomic mass is 10.0. The summed E-state index contributed by atoms with van der Waals surface area (Å²) < 4.78 is 0. The summed E-state index contributed by atoms with van der Waals surface area (Å²) in [5, 5.41) is 0. The fourth-order valence-corrected chi connectivity index (χ4v) is 2.95. The van der Waals surface area contributed by atoms with E-state index in [-0.39, 0.29) is 0 Å². The number of nitrogens with one attached hydrogen (secondary N) is 1. The summed E-state index contributed by atoms with van der Waals surface area (Å²) in [4.78, 5) is 6.24. The maximum absolute atomic E-state index is 4.55. The van der Waals surface area contributed by atoms with Gasteiger partial charge < -0.3 is 4.90 Å². The second kappa shape index (κ2) is 6.68. The lowest BCUT2D eigenvalue weighted by Gasteiger charge is -2.12. The standard InChI is InChI=1S/C19H22N2/c1-16-7-9-17(10-8-16)18(19-6-2-3-12-20-19)11-15-21-13-4-5-14-21/h2-3,6-12H,4-5,13-15H2,1H3/p+1/b18-11-. The van der Waals surface area contributed by atoms with Crippen LogP contribution in [0.25, 0.3) is 5.57 Å². The molecule has 1 saturated heterocycles. The SMILES string of the molecule is Cc1ccc(/C(=C/C[NH+]2CCCC2)c2ccccn2)cc1. The van der Waals surface area contributed by atoms with Gasteiger partial charge in [-0.3, -0.25) is 4.98 Å². The largest absolute Gasteiger partial charge is 0.332 e. The van der Waals surface area contributed by atoms with E-state index in [4.69, 9.17) is 0 Å². The molecule has 0 atom stereocenters. The molecule has 2 heterocycles. The molecule has 2 aromatic rings. The van der Waals surface area contributed by atoms with Crippen molar-refractivity contribution in [2.45, 2.75) is 19.8 Å². The summed E-state index contributed by atoms with van der Waals surface area (Å²) in [6.45, 7) is 5.84. The molecular weight excluding hydrogens is 256 g/mol. The zero-order valence-corrected chi connectivity index (χ0v) is 12.7. The number of pyridine rings is 1. The molecule has 1 fully saturated rings. The van der Waals surface area contributed by atoms with Crippen LogP contribution in [0.5, 0.6) is 0 Å². The number of benzene rings is 1. The number of quaternary nitrogens is 1. The van der Waals surface area contributed by atoms with E-state index in [9.17, 15) is 0 Å². The molecule has 1 aliphatic heterocycles. The minimum atomic E-state index is 1.07. The van der Waals surface area contributed by atoms with E-state index in [1.807, 2.05) is 12.3 Å². The highest BCUT2D eigenvalue weighted by Crippen LogP contribution is 2.21. The van der Waals surface area contributed by atoms with E-state index in [1.54, 1.807) is 4.90 Å². The summed E-state index contributed by atoms with van der Waals surface area (Å²) in [6.07, 6.45) is 6.98. The fraction of sp³-hybridized carbons (Fsp3) is 0.316. The molecule has 1 N–H and O–H groups in total. The number of aryl methyl sites for hydroxylation is 1. The van der Waals surface area contributed by atoms with Crippen LogP contribution in [0.15, 0.2) is 54.7 Å². The van der Waals surface area contributed by atoms with Crippen molar-refractivity contribution >= 4 is 5.57 Å². The van der Waals surface area contributed by atoms with Crippen molar-refractivity contribution in [1.82, 2.24) is 4.98 Å². The molecule has 3 rings (SSSR count). The van der Waals surface area contributed by atoms with Gasteiger partial charge in [0.1, 0.15) is 0 Å². The average Bonchev–Trinajstić information content (AvgIpc) is 3.04. The Morgan fingerprint density at radius 3 is 2.52 bits per heavy atom. The van der Waals surface area contributed by atoms with E-state index >= 15 is 0 Å². The van der Waals surface area contributed by atoms with Gasteiger partial charge >= 0.3 is 0 Å². The summed E-state index contributed by atoms with van der Waals surface area (Å²) >= 11 is 0. The van der Waals surface area contributed by atoms with Crippen molar-refractivity contribution in [3.8, 4) is 0 Å². The molecule has 1 aliphatic rings. The molecule has 0 bridgehead atoms. The third-order valence-electron chi connectivity index (χ3n) is 4.21. The molecule has 2 nitrogen and oxygen atoms in total. The zero-order chi connectivity index (χ0) is 14.5. The van der Waals surface area contributed by atoms with Crippen molar-refractivity contribution in [2.24, 2.45) is 0 Å². The van der Waals surface area contributed by atoms with E-state index in [0.717, 1.165) is 12.2 Å². The predicted molar refractivity (Wildman–Crippen MR) is 87.3 cm³/mol. The Balaban J connectivity index is 1.90. The Morgan fingerprint density at radius 2 is 1.86 bits per heavy atom. The van der Waals surface area contributed by atoms with E-state index in [1.165, 1.54) is 42.6 Å². The minimum Gasteiger partial charge on any atom is -0.332 e. The van der Waals surface area contributed by atoms with Gasteiger partial charge in [0.05, 0.1) is 25.3 Å². The van der Waals surface area contributed by atoms with Crippen LogP contribution < -0.4 is 4.90 Å². The van der Waals surface area contributed by atoms with Gasteiger partial charge in [-0.25, -0.2) is 0 Å². The van der Waals surface area contributed by atoms with Crippen LogP contribution in [-0.2, 0) is 0 Å². The first-order valence-corrected chi connectivity index (χ1v) is 7.85. The summed E-state index contributed by atoms with van der Waals surface area (Å²) in [5.74, 6) is 0. The number of nitrogens with zero attached hydrogens (tertiary/aromatic N) is 1. The predicted octanol–water partition coefficient (Wildman–Crippen LogP) is 2.50. The van der Waals surface area contributed by atoms with Gasteiger partial charge in [-0.15, -0.1) is 0 Å². The normalized spacial score (nSPS) is 16.3. The molecule has 1 aromatic carbocycles. The van der Waals surface area contributed by atoms with Gasteiger partial charge in [0.2, 0.25) is 0 Å². The Bertz CT molecular complexity index is 593. The molecular formula is C19H23N2+. The Morgan fingerprint density at radius 1 is 1.10 bits per heavy atom. The lowest BCUT2D eigenvalue weighted by molar-refractivity contribution is -0.881. The molecule has 1 aromatic heterocycles. The first-order chi connectivity index (χ1) is 10.3. The van der Waals surface area contributed by atoms with Crippen LogP contribution >= 0.6 is 0 Å². The molecule has 0 aliphatic carbocycles. The van der Waals surface area contributed by atoms with Crippen LogP contribution in [-0.4, -0.2) is 24.6 Å². The number of hydrogen-bond acceptors (Lipinski definition) is 1. The quantitative estimate of drug-likeness (QED) is 0.910. The molecule has 0 saturated carbocycles. The van der Waals surface area contributed by atoms with Gasteiger partial charge in [0, 0.05) is 24.6 Å². The second-order valence-corrected chi connectivity index (χ2v) is 5.86. The number of hydrogen-bond donors (Lipinski definition) is 1. The summed E-state index contributed by atoms with van der Waals surface area (Å²) in [5.41, 5.74) is 4.89. The van der Waals surface area contributed by atoms with Crippen LogP contribution in [0.3, 0.4) is 0 Å². The van der Waals surface area contributed by atoms with Crippen LogP contribution in [0.4, 0.5) is 0 Å². The van der Waals surface area contributed by atoms with Crippen LogP contribution in [0, 0.1) is 6.92 Å². The maximum Gasteiger partial charge on any atom is 0.0967 e. The van der Waals surface area contributed by atoms with Crippen LogP contribution in [0.1, 0.15) is 29.7 Å². The van der Waals surface area contributed by atoms with Gasteiger partial charge in [-0.2, -0.15) is 0 Å². The molecule has 2 heteroatoms. The number of rotatable bonds is 4. The second-order valence-electron chi connectivity index (χ2n) is 5.86. The molecule has 0 unspecified atom stereocenters. The van der Waals surface area contributed by atoms with Gasteiger partial charge in [-0.05, 0) is 30.7 Å². The van der Waals surface area contributed by atoms with Crippen molar-refractivity contribution in [3.05, 3.63) is 71.6 Å². The van der Waals surface area contributed by atoms with Gasteiger partial charge in [0.15, 0.2) is 0 Å². The van der Waals surface area contributed by atoms with Gasteiger partial charge in [0.25, 0.3) is 0 Å². The van der Waals surface area contributed by atoms with Crippen molar-refractivity contribution < 1.29 is 4.90 Å². The number of likely N-dealkylation sites (tertiary alicyclic amines) is 1. The summed E-state index contributed by atoms with van der Waals surface area (Å²) in [7, 11) is 0. The maximum atomic E-state index is 4.55. The Hall–Kier alpha value is -1.93. The highest BCUT2D eigenvalue weighted by atomic mass is 15.1. The Labute approximate surface area is 127 Å². The molecule has 108 valence electrons. The molecule has 0 spiro atoms. The Kier molecular flexibility index (Phi) is 4.46. The first kappa shape index (κ1) is 14.0. The molecule has 0 radical (unpaired) electrons. The topological polar surface area (TPSA) is 17.3 Å². The van der Waals surface area contributed by atoms with Crippen molar-refractivity contribution in [1.29, 1.82) is 0 Å². The highest BCUT2D eigenvalue weighted by Gasteiger charge is 2.14. The average molecular weight is 279 g/mol. The first-order valence-electron chi connectivity index (χ1n) is 7.85. The third-order valence-corrected chi connectivity index (χ3v) is 4.21. The van der Waals surface area contributed by atoms with E-state index in [0.29, 0.717) is 0 Å². The number of aromatic nitrogens is 1. The van der Waals surface area contributed by atoms with E-state index < -0.39 is 0 Å². The lowest BCUT2D eigenvalue weighted by Crippen LogP contribution is -3.09. The summed E-state index contributed by atoms with van der Waals surface area (Å²) in [6, 6.07) is 14.9. The molecule has 21 heavy (non-hydrogen) atoms. The van der Waals surface area contributed by atoms with Crippen molar-refractivity contribution in [2.75, 3.05) is 19.6 Å². The van der Waals surface area contributed by atoms with Crippen LogP contribution in [0.2, 0.25) is 0 Å². The van der Waals surface area contributed by atoms with E-state index in [2.05, 4.69) is 54.4 Å². The van der Waals surface area contributed by atoms with Crippen molar-refractivity contribution in [3.63, 3.8) is 0 Å². The molecule has 0 amide bonds. The zero-order valence-electron chi connectivity index (χ0n) is 12.7. The fourth-order valence-electron chi connectivity index (χ4n) is 2.95. The monoisotopic (exact) mass is 279 g/mol. The third kappa shape index (κ3) is 3.59.